The van der Waals surface area contributed by atoms with Gasteiger partial charge in [-0.05, 0) is 30.0 Å². The highest BCUT2D eigenvalue weighted by Gasteiger charge is 2.12. The molecule has 0 aliphatic rings. The van der Waals surface area contributed by atoms with Gasteiger partial charge in [-0.3, -0.25) is 9.78 Å². The van der Waals surface area contributed by atoms with Crippen molar-refractivity contribution in [3.63, 3.8) is 0 Å². The molecule has 0 spiro atoms. The van der Waals surface area contributed by atoms with E-state index in [0.717, 1.165) is 17.7 Å². The lowest BCUT2D eigenvalue weighted by atomic mass is 10.00. The normalized spacial score (nSPS) is 11.9. The highest BCUT2D eigenvalue weighted by atomic mass is 19.1. The topological polar surface area (TPSA) is 42.3 Å². The summed E-state index contributed by atoms with van der Waals surface area (Å²) in [5, 5.41) is 0.597. The molecule has 0 saturated heterocycles. The van der Waals surface area contributed by atoms with Gasteiger partial charge in [-0.2, -0.15) is 0 Å². The third-order valence-corrected chi connectivity index (χ3v) is 4.06. The Morgan fingerprint density at radius 1 is 1.12 bits per heavy atom. The van der Waals surface area contributed by atoms with Crippen molar-refractivity contribution in [2.24, 2.45) is 10.9 Å². The zero-order valence-electron chi connectivity index (χ0n) is 14.9. The molecule has 132 valence electrons. The first-order valence-electron chi connectivity index (χ1n) is 8.72. The minimum atomic E-state index is -0.394. The molecule has 0 atom stereocenters. The van der Waals surface area contributed by atoms with Crippen molar-refractivity contribution in [1.82, 2.24) is 4.98 Å². The van der Waals surface area contributed by atoms with E-state index < -0.39 is 5.82 Å². The van der Waals surface area contributed by atoms with E-state index in [1.54, 1.807) is 18.2 Å². The van der Waals surface area contributed by atoms with Crippen LogP contribution in [0.1, 0.15) is 36.2 Å². The fraction of sp³-hybridized carbons (Fsp3) is 0.227. The molecule has 0 aliphatic heterocycles. The Morgan fingerprint density at radius 2 is 1.88 bits per heavy atom. The number of halogens is 1. The fourth-order valence-corrected chi connectivity index (χ4v) is 2.91. The second-order valence-corrected chi connectivity index (χ2v) is 6.78. The maximum Gasteiger partial charge on any atom is 0.278 e. The van der Waals surface area contributed by atoms with Crippen molar-refractivity contribution in [2.45, 2.75) is 26.7 Å². The summed E-state index contributed by atoms with van der Waals surface area (Å²) >= 11 is 0. The quantitative estimate of drug-likeness (QED) is 0.591. The van der Waals surface area contributed by atoms with Crippen molar-refractivity contribution in [3.8, 4) is 0 Å². The van der Waals surface area contributed by atoms with E-state index in [0.29, 0.717) is 23.3 Å². The van der Waals surface area contributed by atoms with Crippen molar-refractivity contribution in [3.05, 3.63) is 77.7 Å². The number of hydrogen-bond acceptors (Lipinski definition) is 2. The number of rotatable bonds is 5. The largest absolute Gasteiger partial charge is 0.278 e. The van der Waals surface area contributed by atoms with Gasteiger partial charge in [-0.25, -0.2) is 9.38 Å². The molecule has 26 heavy (non-hydrogen) atoms. The van der Waals surface area contributed by atoms with E-state index in [4.69, 9.17) is 0 Å². The van der Waals surface area contributed by atoms with Gasteiger partial charge in [0.2, 0.25) is 0 Å². The molecule has 3 rings (SSSR count). The maximum absolute atomic E-state index is 13.7. The number of fused-ring (bicyclic) bond motifs is 1. The summed E-state index contributed by atoms with van der Waals surface area (Å²) in [5.41, 5.74) is 2.60. The molecule has 1 amide bonds. The Hall–Kier alpha value is -2.88. The van der Waals surface area contributed by atoms with Gasteiger partial charge >= 0.3 is 0 Å². The Labute approximate surface area is 152 Å². The summed E-state index contributed by atoms with van der Waals surface area (Å²) in [7, 11) is 0. The van der Waals surface area contributed by atoms with E-state index in [1.807, 2.05) is 30.3 Å². The first-order valence-corrected chi connectivity index (χ1v) is 8.72. The van der Waals surface area contributed by atoms with E-state index in [-0.39, 0.29) is 11.4 Å². The van der Waals surface area contributed by atoms with E-state index >= 15 is 0 Å². The number of amides is 1. The van der Waals surface area contributed by atoms with Crippen molar-refractivity contribution < 1.29 is 9.18 Å². The Bertz CT molecular complexity index is 949. The molecule has 3 aromatic rings. The molecular weight excluding hydrogens is 327 g/mol. The number of para-hydroxylation sites is 1. The summed E-state index contributed by atoms with van der Waals surface area (Å²) in [6, 6.07) is 16.3. The summed E-state index contributed by atoms with van der Waals surface area (Å²) in [4.78, 5) is 21.1. The Balaban J connectivity index is 1.89. The van der Waals surface area contributed by atoms with Crippen LogP contribution < -0.4 is 0 Å². The molecule has 0 aliphatic carbocycles. The monoisotopic (exact) mass is 348 g/mol. The van der Waals surface area contributed by atoms with Gasteiger partial charge in [-0.1, -0.05) is 56.3 Å². The lowest BCUT2D eigenvalue weighted by Gasteiger charge is -2.09. The number of hydrogen-bond donors (Lipinski definition) is 0. The average Bonchev–Trinajstić information content (AvgIpc) is 2.62. The van der Waals surface area contributed by atoms with Crippen LogP contribution >= 0.6 is 0 Å². The molecule has 3 nitrogen and oxygen atoms in total. The van der Waals surface area contributed by atoms with Gasteiger partial charge in [0, 0.05) is 23.7 Å². The van der Waals surface area contributed by atoms with Crippen LogP contribution in [-0.4, -0.2) is 16.6 Å². The van der Waals surface area contributed by atoms with Crippen molar-refractivity contribution in [2.75, 3.05) is 0 Å². The zero-order valence-corrected chi connectivity index (χ0v) is 14.9. The van der Waals surface area contributed by atoms with E-state index in [2.05, 4.69) is 23.8 Å². The van der Waals surface area contributed by atoms with Crippen LogP contribution in [0, 0.1) is 11.7 Å². The first-order chi connectivity index (χ1) is 12.5. The number of carbonyl (C=O) groups is 1. The van der Waals surface area contributed by atoms with Gasteiger partial charge in [0.1, 0.15) is 11.3 Å². The smallest absolute Gasteiger partial charge is 0.267 e. The number of aliphatic imine (C=N–C) groups is 1. The number of pyridine rings is 1. The van der Waals surface area contributed by atoms with Gasteiger partial charge in [-0.15, -0.1) is 0 Å². The van der Waals surface area contributed by atoms with Crippen LogP contribution in [-0.2, 0) is 6.42 Å². The zero-order chi connectivity index (χ0) is 18.5. The third kappa shape index (κ3) is 4.39. The summed E-state index contributed by atoms with van der Waals surface area (Å²) in [6.45, 7) is 4.21. The average molecular weight is 348 g/mol. The van der Waals surface area contributed by atoms with Crippen LogP contribution in [0.2, 0.25) is 0 Å². The fourth-order valence-electron chi connectivity index (χ4n) is 2.91. The highest BCUT2D eigenvalue weighted by molar-refractivity contribution is 6.05. The SMILES string of the molecule is CC(C)C/C(Cc1ccccc1)=N/C(=O)c1cnc2c(F)cccc2c1. The van der Waals surface area contributed by atoms with Crippen molar-refractivity contribution in [1.29, 1.82) is 0 Å². The molecule has 0 radical (unpaired) electrons. The molecule has 4 heteroatoms. The van der Waals surface area contributed by atoms with Gasteiger partial charge < -0.3 is 0 Å². The van der Waals surface area contributed by atoms with Gasteiger partial charge in [0.05, 0.1) is 5.56 Å². The molecule has 0 saturated carbocycles. The lowest BCUT2D eigenvalue weighted by molar-refractivity contribution is 0.100. The minimum absolute atomic E-state index is 0.264. The second kappa shape index (κ2) is 8.00. The van der Waals surface area contributed by atoms with Crippen LogP contribution in [0.3, 0.4) is 0 Å². The number of nitrogens with zero attached hydrogens (tertiary/aromatic N) is 2. The number of benzene rings is 2. The molecule has 0 bridgehead atoms. The number of aromatic nitrogens is 1. The van der Waals surface area contributed by atoms with Gasteiger partial charge in [0.15, 0.2) is 0 Å². The molecule has 1 aromatic heterocycles. The standard InChI is InChI=1S/C22H21FN2O/c1-15(2)11-19(12-16-7-4-3-5-8-16)25-22(26)18-13-17-9-6-10-20(23)21(17)24-14-18/h3-10,13-15H,11-12H2,1-2H3/b25-19-. The maximum atomic E-state index is 13.7. The lowest BCUT2D eigenvalue weighted by Crippen LogP contribution is -2.11. The van der Waals surface area contributed by atoms with Gasteiger partial charge in [0.25, 0.3) is 5.91 Å². The Kier molecular flexibility index (Phi) is 5.52. The first kappa shape index (κ1) is 17.9. The van der Waals surface area contributed by atoms with Crippen LogP contribution in [0.15, 0.2) is 65.8 Å². The summed E-state index contributed by atoms with van der Waals surface area (Å²) < 4.78 is 13.7. The summed E-state index contributed by atoms with van der Waals surface area (Å²) in [5.74, 6) is -0.334. The molecular formula is C22H21FN2O. The number of carbonyl (C=O) groups excluding carboxylic acids is 1. The molecule has 2 aromatic carbocycles. The third-order valence-electron chi connectivity index (χ3n) is 4.06. The second-order valence-electron chi connectivity index (χ2n) is 6.78. The predicted molar refractivity (Wildman–Crippen MR) is 103 cm³/mol. The predicted octanol–water partition coefficient (Wildman–Crippen LogP) is 5.24. The highest BCUT2D eigenvalue weighted by Crippen LogP contribution is 2.17. The minimum Gasteiger partial charge on any atom is -0.267 e. The van der Waals surface area contributed by atoms with E-state index in [9.17, 15) is 9.18 Å². The van der Waals surface area contributed by atoms with Crippen molar-refractivity contribution >= 4 is 22.5 Å². The molecule has 0 unspecified atom stereocenters. The van der Waals surface area contributed by atoms with E-state index in [1.165, 1.54) is 12.3 Å². The van der Waals surface area contributed by atoms with Crippen LogP contribution in [0.5, 0.6) is 0 Å². The van der Waals surface area contributed by atoms with Crippen LogP contribution in [0.25, 0.3) is 10.9 Å². The Morgan fingerprint density at radius 3 is 2.62 bits per heavy atom. The summed E-state index contributed by atoms with van der Waals surface area (Å²) in [6.07, 6.45) is 2.78. The molecule has 1 heterocycles. The molecule has 0 fully saturated rings. The molecule has 0 N–H and O–H groups in total. The van der Waals surface area contributed by atoms with Crippen LogP contribution in [0.4, 0.5) is 4.39 Å².